The van der Waals surface area contributed by atoms with Gasteiger partial charge in [-0.3, -0.25) is 4.90 Å². The third-order valence-electron chi connectivity index (χ3n) is 4.30. The predicted molar refractivity (Wildman–Crippen MR) is 81.9 cm³/mol. The summed E-state index contributed by atoms with van der Waals surface area (Å²) in [6.45, 7) is 7.54. The van der Waals surface area contributed by atoms with Gasteiger partial charge in [0.05, 0.1) is 25.5 Å². The fraction of sp³-hybridized carbons (Fsp3) is 0.600. The zero-order chi connectivity index (χ0) is 15.6. The first kappa shape index (κ1) is 14.5. The van der Waals surface area contributed by atoms with E-state index in [0.717, 1.165) is 63.1 Å². The van der Waals surface area contributed by atoms with Crippen LogP contribution < -0.4 is 4.90 Å². The van der Waals surface area contributed by atoms with Gasteiger partial charge in [-0.15, -0.1) is 0 Å². The molecule has 4 heterocycles. The number of aryl methyl sites for hydroxylation is 1. The molecule has 23 heavy (non-hydrogen) atoms. The number of aromatic nitrogens is 4. The molecule has 0 aromatic carbocycles. The average molecular weight is 316 g/mol. The molecule has 4 rings (SSSR count). The van der Waals surface area contributed by atoms with Crippen molar-refractivity contribution in [1.29, 1.82) is 0 Å². The van der Waals surface area contributed by atoms with E-state index in [1.807, 2.05) is 6.92 Å². The summed E-state index contributed by atoms with van der Waals surface area (Å²) >= 11 is 0. The molecule has 2 aliphatic rings. The molecule has 8 nitrogen and oxygen atoms in total. The minimum atomic E-state index is 0.606. The van der Waals surface area contributed by atoms with Crippen molar-refractivity contribution in [2.24, 2.45) is 0 Å². The van der Waals surface area contributed by atoms with Crippen LogP contribution in [0.5, 0.6) is 0 Å². The Morgan fingerprint density at radius 2 is 2.04 bits per heavy atom. The van der Waals surface area contributed by atoms with Gasteiger partial charge < -0.3 is 14.2 Å². The van der Waals surface area contributed by atoms with Crippen molar-refractivity contribution >= 4 is 5.82 Å². The summed E-state index contributed by atoms with van der Waals surface area (Å²) in [7, 11) is 0. The minimum absolute atomic E-state index is 0.606. The fourth-order valence-electron chi connectivity index (χ4n) is 3.17. The van der Waals surface area contributed by atoms with Crippen molar-refractivity contribution in [1.82, 2.24) is 25.0 Å². The highest BCUT2D eigenvalue weighted by Gasteiger charge is 2.25. The maximum Gasteiger partial charge on any atom is 0.223 e. The summed E-state index contributed by atoms with van der Waals surface area (Å²) in [4.78, 5) is 17.9. The highest BCUT2D eigenvalue weighted by molar-refractivity contribution is 5.49. The summed E-state index contributed by atoms with van der Waals surface area (Å²) in [6.07, 6.45) is 2.61. The number of nitrogens with zero attached hydrogens (tertiary/aromatic N) is 6. The number of fused-ring (bicyclic) bond motifs is 1. The number of morpholine rings is 1. The quantitative estimate of drug-likeness (QED) is 0.813. The maximum atomic E-state index is 5.45. The van der Waals surface area contributed by atoms with Crippen LogP contribution in [-0.2, 0) is 24.2 Å². The van der Waals surface area contributed by atoms with Crippen molar-refractivity contribution in [3.8, 4) is 0 Å². The molecule has 0 radical (unpaired) electrons. The molecule has 0 saturated carbocycles. The summed E-state index contributed by atoms with van der Waals surface area (Å²) in [5.74, 6) is 2.39. The molecule has 0 bridgehead atoms. The molecule has 122 valence electrons. The summed E-state index contributed by atoms with van der Waals surface area (Å²) in [5, 5.41) is 3.99. The Bertz CT molecular complexity index is 682. The van der Waals surface area contributed by atoms with Gasteiger partial charge in [0.2, 0.25) is 5.89 Å². The van der Waals surface area contributed by atoms with Gasteiger partial charge in [-0.25, -0.2) is 9.97 Å². The van der Waals surface area contributed by atoms with Crippen LogP contribution in [0.15, 0.2) is 10.9 Å². The number of hydrogen-bond donors (Lipinski definition) is 0. The second kappa shape index (κ2) is 6.21. The van der Waals surface area contributed by atoms with Crippen LogP contribution in [0, 0.1) is 6.92 Å². The average Bonchev–Trinajstić information content (AvgIpc) is 3.00. The van der Waals surface area contributed by atoms with Crippen LogP contribution in [0.2, 0.25) is 0 Å². The summed E-state index contributed by atoms with van der Waals surface area (Å²) < 4.78 is 10.5. The first-order valence-electron chi connectivity index (χ1n) is 7.96. The number of hydrogen-bond acceptors (Lipinski definition) is 8. The van der Waals surface area contributed by atoms with Crippen molar-refractivity contribution in [2.75, 3.05) is 37.7 Å². The van der Waals surface area contributed by atoms with Crippen LogP contribution in [0.3, 0.4) is 0 Å². The van der Waals surface area contributed by atoms with E-state index in [1.54, 1.807) is 6.33 Å². The van der Waals surface area contributed by atoms with E-state index in [4.69, 9.17) is 9.26 Å². The van der Waals surface area contributed by atoms with Gasteiger partial charge in [-0.1, -0.05) is 5.16 Å². The van der Waals surface area contributed by atoms with Gasteiger partial charge in [0.25, 0.3) is 0 Å². The lowest BCUT2D eigenvalue weighted by Gasteiger charge is -2.33. The van der Waals surface area contributed by atoms with Gasteiger partial charge in [-0.05, 0) is 0 Å². The van der Waals surface area contributed by atoms with Crippen LogP contribution in [0.25, 0.3) is 0 Å². The Balaban J connectivity index is 1.55. The molecule has 1 saturated heterocycles. The lowest BCUT2D eigenvalue weighted by atomic mass is 10.1. The second-order valence-electron chi connectivity index (χ2n) is 5.91. The monoisotopic (exact) mass is 316 g/mol. The lowest BCUT2D eigenvalue weighted by Crippen LogP contribution is -2.39. The van der Waals surface area contributed by atoms with E-state index >= 15 is 0 Å². The highest BCUT2D eigenvalue weighted by Crippen LogP contribution is 2.26. The first-order chi connectivity index (χ1) is 11.3. The van der Waals surface area contributed by atoms with Crippen molar-refractivity contribution in [2.45, 2.75) is 26.4 Å². The molecule has 0 amide bonds. The Kier molecular flexibility index (Phi) is 3.92. The topological polar surface area (TPSA) is 80.4 Å². The van der Waals surface area contributed by atoms with Gasteiger partial charge in [0, 0.05) is 45.1 Å². The molecule has 0 spiro atoms. The SMILES string of the molecule is Cc1nc(CN2CCc3ncnc(N4CCOCC4)c3C2)no1. The Hall–Kier alpha value is -2.06. The molecule has 2 aromatic rings. The zero-order valence-electron chi connectivity index (χ0n) is 13.2. The van der Waals surface area contributed by atoms with Crippen LogP contribution >= 0.6 is 0 Å². The predicted octanol–water partition coefficient (Wildman–Crippen LogP) is 0.563. The highest BCUT2D eigenvalue weighted by atomic mass is 16.5. The van der Waals surface area contributed by atoms with Gasteiger partial charge in [0.1, 0.15) is 12.1 Å². The van der Waals surface area contributed by atoms with E-state index in [-0.39, 0.29) is 0 Å². The van der Waals surface area contributed by atoms with Gasteiger partial charge in [0.15, 0.2) is 5.82 Å². The molecule has 2 aliphatic heterocycles. The first-order valence-corrected chi connectivity index (χ1v) is 7.96. The number of rotatable bonds is 3. The fourth-order valence-corrected chi connectivity index (χ4v) is 3.17. The number of anilines is 1. The standard InChI is InChI=1S/C15H20N6O2/c1-11-18-14(19-23-11)9-20-3-2-13-12(8-20)15(17-10-16-13)21-4-6-22-7-5-21/h10H,2-9H2,1H3. The van der Waals surface area contributed by atoms with Crippen LogP contribution in [0.4, 0.5) is 5.82 Å². The molecule has 0 aliphatic carbocycles. The molecule has 0 unspecified atom stereocenters. The van der Waals surface area contributed by atoms with Gasteiger partial charge in [-0.2, -0.15) is 4.98 Å². The molecule has 0 atom stereocenters. The van der Waals surface area contributed by atoms with E-state index < -0.39 is 0 Å². The lowest BCUT2D eigenvalue weighted by molar-refractivity contribution is 0.122. The zero-order valence-corrected chi connectivity index (χ0v) is 13.2. The third-order valence-corrected chi connectivity index (χ3v) is 4.30. The van der Waals surface area contributed by atoms with E-state index in [2.05, 4.69) is 29.9 Å². The normalized spacial score (nSPS) is 18.9. The van der Waals surface area contributed by atoms with Crippen molar-refractivity contribution in [3.63, 3.8) is 0 Å². The van der Waals surface area contributed by atoms with Crippen LogP contribution in [0.1, 0.15) is 23.0 Å². The Labute approximate surface area is 134 Å². The molecule has 8 heteroatoms. The largest absolute Gasteiger partial charge is 0.378 e. The van der Waals surface area contributed by atoms with Crippen LogP contribution in [-0.4, -0.2) is 57.9 Å². The van der Waals surface area contributed by atoms with E-state index in [1.165, 1.54) is 5.56 Å². The van der Waals surface area contributed by atoms with Crippen molar-refractivity contribution in [3.05, 3.63) is 29.3 Å². The maximum absolute atomic E-state index is 5.45. The Morgan fingerprint density at radius 1 is 1.17 bits per heavy atom. The van der Waals surface area contributed by atoms with E-state index in [9.17, 15) is 0 Å². The Morgan fingerprint density at radius 3 is 2.83 bits per heavy atom. The molecular formula is C15H20N6O2. The molecule has 0 N–H and O–H groups in total. The van der Waals surface area contributed by atoms with Crippen molar-refractivity contribution < 1.29 is 9.26 Å². The van der Waals surface area contributed by atoms with Gasteiger partial charge >= 0.3 is 0 Å². The molecule has 1 fully saturated rings. The smallest absolute Gasteiger partial charge is 0.223 e. The van der Waals surface area contributed by atoms with E-state index in [0.29, 0.717) is 12.4 Å². The molecular weight excluding hydrogens is 296 g/mol. The second-order valence-corrected chi connectivity index (χ2v) is 5.91. The minimum Gasteiger partial charge on any atom is -0.378 e. The number of ether oxygens (including phenoxy) is 1. The molecule has 2 aromatic heterocycles. The summed E-state index contributed by atoms with van der Waals surface area (Å²) in [5.41, 5.74) is 2.38. The summed E-state index contributed by atoms with van der Waals surface area (Å²) in [6, 6.07) is 0. The third kappa shape index (κ3) is 3.04.